The van der Waals surface area contributed by atoms with E-state index in [1.807, 2.05) is 92.9 Å². The highest BCUT2D eigenvalue weighted by Crippen LogP contribution is 2.14. The molecule has 1 aromatic heterocycles. The molecule has 0 spiro atoms. The molecule has 0 saturated carbocycles. The van der Waals surface area contributed by atoms with Gasteiger partial charge in [0.2, 0.25) is 6.29 Å². The lowest BCUT2D eigenvalue weighted by Crippen LogP contribution is -2.51. The second-order valence-electron chi connectivity index (χ2n) is 10.4. The van der Waals surface area contributed by atoms with Gasteiger partial charge in [0.1, 0.15) is 6.61 Å². The van der Waals surface area contributed by atoms with Gasteiger partial charge >= 0.3 is 12.1 Å². The highest BCUT2D eigenvalue weighted by Gasteiger charge is 2.27. The predicted octanol–water partition coefficient (Wildman–Crippen LogP) is 4.11. The summed E-state index contributed by atoms with van der Waals surface area (Å²) in [4.78, 5) is 41.3. The number of ether oxygens (including phenoxy) is 1. The lowest BCUT2D eigenvalue weighted by molar-refractivity contribution is 0.0898. The number of rotatable bonds is 15. The van der Waals surface area contributed by atoms with E-state index in [0.717, 1.165) is 16.8 Å². The largest absolute Gasteiger partial charge is 0.445 e. The molecule has 0 bridgehead atoms. The summed E-state index contributed by atoms with van der Waals surface area (Å²) >= 11 is 0. The van der Waals surface area contributed by atoms with Crippen molar-refractivity contribution in [1.29, 1.82) is 0 Å². The van der Waals surface area contributed by atoms with Crippen molar-refractivity contribution >= 4 is 18.4 Å². The number of hydrogen-bond acceptors (Lipinski definition) is 6. The minimum Gasteiger partial charge on any atom is -0.445 e. The van der Waals surface area contributed by atoms with Crippen LogP contribution in [0.15, 0.2) is 85.1 Å². The topological polar surface area (TPSA) is 130 Å². The molecule has 0 aliphatic heterocycles. The molecule has 0 saturated heterocycles. The van der Waals surface area contributed by atoms with Gasteiger partial charge in [0, 0.05) is 24.4 Å². The van der Waals surface area contributed by atoms with E-state index in [9.17, 15) is 19.5 Å². The fourth-order valence-corrected chi connectivity index (χ4v) is 4.48. The van der Waals surface area contributed by atoms with Crippen molar-refractivity contribution in [2.75, 3.05) is 0 Å². The van der Waals surface area contributed by atoms with Gasteiger partial charge in [-0.05, 0) is 48.4 Å². The van der Waals surface area contributed by atoms with Crippen LogP contribution in [0.1, 0.15) is 43.5 Å². The number of aliphatic hydroxyl groups is 1. The number of aromatic nitrogens is 1. The Labute approximate surface area is 241 Å². The van der Waals surface area contributed by atoms with Gasteiger partial charge < -0.3 is 25.8 Å². The minimum atomic E-state index is -1.04. The Bertz CT molecular complexity index is 1190. The van der Waals surface area contributed by atoms with Gasteiger partial charge in [0.05, 0.1) is 18.2 Å². The van der Waals surface area contributed by atoms with Gasteiger partial charge in [0.15, 0.2) is 0 Å². The number of carbonyl (C=O) groups is 2. The molecule has 9 heteroatoms. The molecule has 0 fully saturated rings. The molecule has 217 valence electrons. The van der Waals surface area contributed by atoms with Gasteiger partial charge in [-0.15, -0.1) is 0 Å². The van der Waals surface area contributed by atoms with Gasteiger partial charge in [-0.25, -0.2) is 9.59 Å². The number of hydrogen-bond donors (Lipinski definition) is 4. The van der Waals surface area contributed by atoms with Crippen molar-refractivity contribution < 1.29 is 24.2 Å². The first-order valence-electron chi connectivity index (χ1n) is 13.9. The van der Waals surface area contributed by atoms with Crippen LogP contribution in [0, 0.1) is 5.92 Å². The van der Waals surface area contributed by atoms with E-state index in [1.165, 1.54) is 0 Å². The summed E-state index contributed by atoms with van der Waals surface area (Å²) in [6.07, 6.45) is 3.09. The van der Waals surface area contributed by atoms with Crippen molar-refractivity contribution in [3.63, 3.8) is 0 Å². The standard InChI is InChI=1S/C32H39N4O5/c1-23(2)17-28(21-37)35-31(39)34-27(19-26-15-9-10-16-33-26)20-30(38)29(18-24-11-5-3-6-12-24)36-32(40)41-22-25-13-7-4-8-14-25/h3-16,23,27-30,38H,17-20,22H2,1-2H3,(H,36,40)(H2,34,35,39)/t27?,28-,29-,30+/m0/s1. The zero-order valence-electron chi connectivity index (χ0n) is 23.5. The van der Waals surface area contributed by atoms with Crippen molar-refractivity contribution in [3.8, 4) is 0 Å². The maximum Gasteiger partial charge on any atom is 0.407 e. The molecule has 4 atom stereocenters. The van der Waals surface area contributed by atoms with E-state index in [-0.39, 0.29) is 18.9 Å². The van der Waals surface area contributed by atoms with Crippen molar-refractivity contribution in [1.82, 2.24) is 20.9 Å². The third-order valence-electron chi connectivity index (χ3n) is 6.48. The fraction of sp³-hybridized carbons (Fsp3) is 0.375. The first-order chi connectivity index (χ1) is 19.8. The molecule has 3 rings (SSSR count). The van der Waals surface area contributed by atoms with Crippen LogP contribution in [0.5, 0.6) is 0 Å². The van der Waals surface area contributed by atoms with E-state index in [4.69, 9.17) is 4.74 Å². The number of urea groups is 1. The summed E-state index contributed by atoms with van der Waals surface area (Å²) in [5.74, 6) is 0.194. The highest BCUT2D eigenvalue weighted by atomic mass is 16.5. The first kappa shape index (κ1) is 31.3. The third kappa shape index (κ3) is 11.8. The summed E-state index contributed by atoms with van der Waals surface area (Å²) in [5, 5.41) is 19.7. The number of amides is 3. The number of pyridine rings is 1. The van der Waals surface area contributed by atoms with E-state index in [2.05, 4.69) is 20.9 Å². The number of nitrogens with one attached hydrogen (secondary N) is 3. The highest BCUT2D eigenvalue weighted by molar-refractivity contribution is 5.78. The Morgan fingerprint density at radius 1 is 0.854 bits per heavy atom. The lowest BCUT2D eigenvalue weighted by atomic mass is 9.94. The first-order valence-corrected chi connectivity index (χ1v) is 13.9. The molecule has 1 heterocycles. The number of aliphatic hydroxyl groups excluding tert-OH is 1. The van der Waals surface area contributed by atoms with Crippen LogP contribution in [0.4, 0.5) is 9.59 Å². The zero-order valence-corrected chi connectivity index (χ0v) is 23.5. The normalized spacial score (nSPS) is 13.9. The Balaban J connectivity index is 1.72. The SMILES string of the molecule is CC(C)C[C@@H]([C]=O)NC(=O)NC(Cc1ccccn1)C[C@@H](O)[C@H](Cc1ccccc1)NC(=O)OCc1ccccc1. The minimum absolute atomic E-state index is 0.0934. The molecule has 3 amide bonds. The third-order valence-corrected chi connectivity index (χ3v) is 6.48. The summed E-state index contributed by atoms with van der Waals surface area (Å²) in [7, 11) is 0. The lowest BCUT2D eigenvalue weighted by Gasteiger charge is -2.28. The van der Waals surface area contributed by atoms with Gasteiger partial charge in [-0.1, -0.05) is 80.6 Å². The Hall–Kier alpha value is -4.24. The van der Waals surface area contributed by atoms with E-state index in [0.29, 0.717) is 19.3 Å². The van der Waals surface area contributed by atoms with E-state index < -0.39 is 36.4 Å². The average Bonchev–Trinajstić information content (AvgIpc) is 2.96. The quantitative estimate of drug-likeness (QED) is 0.222. The van der Waals surface area contributed by atoms with Crippen LogP contribution in [-0.2, 0) is 29.0 Å². The summed E-state index contributed by atoms with van der Waals surface area (Å²) in [5.41, 5.74) is 2.49. The summed E-state index contributed by atoms with van der Waals surface area (Å²) in [6.45, 7) is 4.00. The predicted molar refractivity (Wildman–Crippen MR) is 157 cm³/mol. The number of nitrogens with zero attached hydrogens (tertiary/aromatic N) is 1. The van der Waals surface area contributed by atoms with E-state index in [1.54, 1.807) is 12.3 Å². The van der Waals surface area contributed by atoms with E-state index >= 15 is 0 Å². The second kappa shape index (κ2) is 16.8. The van der Waals surface area contributed by atoms with Crippen molar-refractivity contribution in [3.05, 3.63) is 102 Å². The average molecular weight is 560 g/mol. The Morgan fingerprint density at radius 3 is 2.12 bits per heavy atom. The molecular weight excluding hydrogens is 520 g/mol. The van der Waals surface area contributed by atoms with Crippen LogP contribution in [-0.4, -0.2) is 52.7 Å². The molecule has 41 heavy (non-hydrogen) atoms. The van der Waals surface area contributed by atoms with Crippen LogP contribution in [0.2, 0.25) is 0 Å². The van der Waals surface area contributed by atoms with Crippen LogP contribution in [0.3, 0.4) is 0 Å². The molecule has 0 aliphatic rings. The maximum atomic E-state index is 12.8. The number of alkyl carbamates (subject to hydrolysis) is 1. The van der Waals surface area contributed by atoms with Crippen LogP contribution in [0.25, 0.3) is 0 Å². The molecule has 4 N–H and O–H groups in total. The fourth-order valence-electron chi connectivity index (χ4n) is 4.48. The van der Waals surface area contributed by atoms with Gasteiger partial charge in [-0.2, -0.15) is 0 Å². The van der Waals surface area contributed by atoms with Crippen LogP contribution < -0.4 is 16.0 Å². The molecule has 1 radical (unpaired) electrons. The molecule has 0 aliphatic carbocycles. The smallest absolute Gasteiger partial charge is 0.407 e. The summed E-state index contributed by atoms with van der Waals surface area (Å²) in [6, 6.07) is 21.8. The zero-order chi connectivity index (χ0) is 29.5. The van der Waals surface area contributed by atoms with Crippen molar-refractivity contribution in [2.24, 2.45) is 5.92 Å². The van der Waals surface area contributed by atoms with Gasteiger partial charge in [-0.3, -0.25) is 9.78 Å². The van der Waals surface area contributed by atoms with Crippen LogP contribution >= 0.6 is 0 Å². The molecular formula is C32H39N4O5. The Kier molecular flexibility index (Phi) is 12.8. The summed E-state index contributed by atoms with van der Waals surface area (Å²) < 4.78 is 5.41. The molecule has 9 nitrogen and oxygen atoms in total. The maximum absolute atomic E-state index is 12.8. The Morgan fingerprint density at radius 2 is 1.51 bits per heavy atom. The second-order valence-corrected chi connectivity index (χ2v) is 10.4. The van der Waals surface area contributed by atoms with Crippen molar-refractivity contribution in [2.45, 2.75) is 70.4 Å². The molecule has 2 aromatic carbocycles. The number of carbonyl (C=O) groups excluding carboxylic acids is 3. The number of benzene rings is 2. The molecule has 1 unspecified atom stereocenters. The van der Waals surface area contributed by atoms with Gasteiger partial charge in [0.25, 0.3) is 0 Å². The molecule has 3 aromatic rings. The monoisotopic (exact) mass is 559 g/mol.